The van der Waals surface area contributed by atoms with E-state index in [0.717, 1.165) is 16.8 Å². The Hall–Kier alpha value is -2.72. The first-order chi connectivity index (χ1) is 14.5. The number of carbonyl (C=O) groups is 2. The fourth-order valence-electron chi connectivity index (χ4n) is 4.59. The minimum atomic E-state index is -0.609. The Bertz CT molecular complexity index is 1020. The van der Waals surface area contributed by atoms with Crippen molar-refractivity contribution in [2.45, 2.75) is 38.5 Å². The number of esters is 1. The van der Waals surface area contributed by atoms with Gasteiger partial charge in [0.05, 0.1) is 6.61 Å². The largest absolute Gasteiger partial charge is 0.465 e. The van der Waals surface area contributed by atoms with Gasteiger partial charge in [-0.05, 0) is 49.4 Å². The highest BCUT2D eigenvalue weighted by Gasteiger charge is 2.44. The monoisotopic (exact) mass is 421 g/mol. The molecule has 1 unspecified atom stereocenters. The quantitative estimate of drug-likeness (QED) is 0.614. The maximum absolute atomic E-state index is 13.4. The molecule has 2 aromatic rings. The van der Waals surface area contributed by atoms with Crippen LogP contribution in [-0.4, -0.2) is 24.1 Å². The number of halogens is 1. The molecule has 0 N–H and O–H groups in total. The van der Waals surface area contributed by atoms with Crippen LogP contribution < -0.4 is 0 Å². The van der Waals surface area contributed by atoms with E-state index in [0.29, 0.717) is 29.1 Å². The molecule has 1 aliphatic carbocycles. The van der Waals surface area contributed by atoms with Crippen molar-refractivity contribution in [3.8, 4) is 0 Å². The summed E-state index contributed by atoms with van der Waals surface area (Å²) in [5.41, 5.74) is 4.14. The lowest BCUT2D eigenvalue weighted by molar-refractivity contribution is -0.146. The average Bonchev–Trinajstić information content (AvgIpc) is 2.74. The Morgan fingerprint density at radius 2 is 1.77 bits per heavy atom. The van der Waals surface area contributed by atoms with Crippen LogP contribution in [0, 0.1) is 5.92 Å². The van der Waals surface area contributed by atoms with E-state index in [4.69, 9.17) is 21.3 Å². The molecular weight excluding hydrogens is 398 g/mol. The molecule has 0 saturated heterocycles. The molecule has 0 radical (unpaired) electrons. The first kappa shape index (κ1) is 20.5. The Kier molecular flexibility index (Phi) is 5.87. The number of allylic oxidation sites excluding steroid dienone is 2. The van der Waals surface area contributed by atoms with Gasteiger partial charge < -0.3 is 4.74 Å². The molecule has 2 aliphatic rings. The second kappa shape index (κ2) is 8.57. The molecule has 3 atom stereocenters. The van der Waals surface area contributed by atoms with Crippen LogP contribution in [0.2, 0.25) is 5.02 Å². The maximum Gasteiger partial charge on any atom is 0.315 e. The normalized spacial score (nSPS) is 23.6. The van der Waals surface area contributed by atoms with E-state index >= 15 is 0 Å². The third-order valence-electron chi connectivity index (χ3n) is 5.93. The van der Waals surface area contributed by atoms with Gasteiger partial charge in [0.2, 0.25) is 0 Å². The number of carbonyl (C=O) groups excluding carboxylic acids is 2. The van der Waals surface area contributed by atoms with Crippen molar-refractivity contribution in [1.82, 2.24) is 0 Å². The third-order valence-corrected chi connectivity index (χ3v) is 6.18. The number of nitrogens with zero attached hydrogens (tertiary/aromatic N) is 1. The number of benzene rings is 2. The second-order valence-electron chi connectivity index (χ2n) is 7.81. The zero-order chi connectivity index (χ0) is 21.3. The van der Waals surface area contributed by atoms with E-state index in [-0.39, 0.29) is 24.3 Å². The van der Waals surface area contributed by atoms with Gasteiger partial charge in [-0.25, -0.2) is 0 Å². The second-order valence-corrected chi connectivity index (χ2v) is 8.25. The number of hydrogen-bond acceptors (Lipinski definition) is 4. The average molecular weight is 422 g/mol. The summed E-state index contributed by atoms with van der Waals surface area (Å²) in [5, 5.41) is 0.612. The van der Waals surface area contributed by atoms with Crippen LogP contribution in [0.15, 0.2) is 70.9 Å². The summed E-state index contributed by atoms with van der Waals surface area (Å²) in [6, 6.07) is 17.4. The van der Waals surface area contributed by atoms with Crippen LogP contribution in [-0.2, 0) is 14.3 Å². The Balaban J connectivity index is 1.80. The van der Waals surface area contributed by atoms with Gasteiger partial charge in [0, 0.05) is 34.3 Å². The predicted octanol–water partition coefficient (Wildman–Crippen LogP) is 5.48. The minimum absolute atomic E-state index is 0.0515. The summed E-state index contributed by atoms with van der Waals surface area (Å²) in [6.45, 7) is 3.92. The molecule has 30 heavy (non-hydrogen) atoms. The molecule has 0 spiro atoms. The van der Waals surface area contributed by atoms with Crippen molar-refractivity contribution in [2.75, 3.05) is 6.61 Å². The van der Waals surface area contributed by atoms with E-state index in [1.165, 1.54) is 0 Å². The molecule has 0 amide bonds. The van der Waals surface area contributed by atoms with Crippen LogP contribution in [0.3, 0.4) is 0 Å². The van der Waals surface area contributed by atoms with Crippen LogP contribution in [0.25, 0.3) is 0 Å². The van der Waals surface area contributed by atoms with E-state index < -0.39 is 11.8 Å². The summed E-state index contributed by atoms with van der Waals surface area (Å²) in [7, 11) is 0. The van der Waals surface area contributed by atoms with Crippen LogP contribution in [0.4, 0.5) is 0 Å². The van der Waals surface area contributed by atoms with Crippen molar-refractivity contribution >= 4 is 29.1 Å². The van der Waals surface area contributed by atoms with Gasteiger partial charge in [-0.15, -0.1) is 0 Å². The van der Waals surface area contributed by atoms with Gasteiger partial charge in [-0.2, -0.15) is 0 Å². The SMILES string of the molecule is CCOC(=O)C1C(C)=NC2=C(C(=O)C[C@H](c3ccccc3)C2)[C@H]1c1ccc(Cl)cc1. The molecule has 0 bridgehead atoms. The number of rotatable bonds is 4. The summed E-state index contributed by atoms with van der Waals surface area (Å²) < 4.78 is 5.35. The fourth-order valence-corrected chi connectivity index (χ4v) is 4.71. The lowest BCUT2D eigenvalue weighted by Gasteiger charge is -2.36. The number of hydrogen-bond donors (Lipinski definition) is 0. The van der Waals surface area contributed by atoms with E-state index in [1.54, 1.807) is 19.1 Å². The van der Waals surface area contributed by atoms with Crippen molar-refractivity contribution < 1.29 is 14.3 Å². The molecule has 4 nitrogen and oxygen atoms in total. The van der Waals surface area contributed by atoms with Gasteiger partial charge >= 0.3 is 5.97 Å². The van der Waals surface area contributed by atoms with Gasteiger partial charge in [-0.1, -0.05) is 54.1 Å². The number of Topliss-reactive ketones (excluding diaryl/α,β-unsaturated/α-hetero) is 1. The molecule has 4 rings (SSSR count). The summed E-state index contributed by atoms with van der Waals surface area (Å²) in [5.74, 6) is -1.21. The molecule has 5 heteroatoms. The van der Waals surface area contributed by atoms with Crippen molar-refractivity contribution in [1.29, 1.82) is 0 Å². The molecule has 0 saturated carbocycles. The highest BCUT2D eigenvalue weighted by atomic mass is 35.5. The summed E-state index contributed by atoms with van der Waals surface area (Å²) >= 11 is 6.09. The Morgan fingerprint density at radius 3 is 2.43 bits per heavy atom. The topological polar surface area (TPSA) is 55.7 Å². The highest BCUT2D eigenvalue weighted by molar-refractivity contribution is 6.30. The highest BCUT2D eigenvalue weighted by Crippen LogP contribution is 2.46. The number of aliphatic imine (C=N–C) groups is 1. The van der Waals surface area contributed by atoms with Crippen molar-refractivity contribution in [3.05, 3.63) is 82.0 Å². The van der Waals surface area contributed by atoms with Gasteiger partial charge in [0.1, 0.15) is 5.92 Å². The van der Waals surface area contributed by atoms with Crippen molar-refractivity contribution in [2.24, 2.45) is 10.9 Å². The van der Waals surface area contributed by atoms with Crippen LogP contribution >= 0.6 is 11.6 Å². The molecular formula is C25H24ClNO3. The standard InChI is InChI=1S/C25H24ClNO3/c1-3-30-25(29)22-15(2)27-20-13-18(16-7-5-4-6-8-16)14-21(28)24(20)23(22)17-9-11-19(26)12-10-17/h4-12,18,22-23H,3,13-14H2,1-2H3/t18-,22?,23+/m1/s1. The van der Waals surface area contributed by atoms with Gasteiger partial charge in [0.25, 0.3) is 0 Å². The first-order valence-corrected chi connectivity index (χ1v) is 10.7. The summed E-state index contributed by atoms with van der Waals surface area (Å²) in [6.07, 6.45) is 1.10. The van der Waals surface area contributed by atoms with E-state index in [1.807, 2.05) is 37.3 Å². The van der Waals surface area contributed by atoms with Gasteiger partial charge in [-0.3, -0.25) is 14.6 Å². The van der Waals surface area contributed by atoms with E-state index in [2.05, 4.69) is 12.1 Å². The smallest absolute Gasteiger partial charge is 0.315 e. The lowest BCUT2D eigenvalue weighted by atomic mass is 9.69. The molecule has 1 aliphatic heterocycles. The molecule has 1 heterocycles. The molecule has 154 valence electrons. The first-order valence-electron chi connectivity index (χ1n) is 10.3. The maximum atomic E-state index is 13.4. The minimum Gasteiger partial charge on any atom is -0.465 e. The third kappa shape index (κ3) is 3.84. The Morgan fingerprint density at radius 1 is 1.07 bits per heavy atom. The fraction of sp³-hybridized carbons (Fsp3) is 0.320. The molecule has 0 aromatic heterocycles. The van der Waals surface area contributed by atoms with Crippen LogP contribution in [0.5, 0.6) is 0 Å². The lowest BCUT2D eigenvalue weighted by Crippen LogP contribution is -2.38. The molecule has 0 fully saturated rings. The zero-order valence-corrected chi connectivity index (χ0v) is 17.9. The van der Waals surface area contributed by atoms with Crippen LogP contribution in [0.1, 0.15) is 49.7 Å². The molecule has 2 aromatic carbocycles. The van der Waals surface area contributed by atoms with Gasteiger partial charge in [0.15, 0.2) is 5.78 Å². The van der Waals surface area contributed by atoms with E-state index in [9.17, 15) is 9.59 Å². The number of ether oxygens (including phenoxy) is 1. The number of ketones is 1. The van der Waals surface area contributed by atoms with Crippen molar-refractivity contribution in [3.63, 3.8) is 0 Å². The zero-order valence-electron chi connectivity index (χ0n) is 17.1. The summed E-state index contributed by atoms with van der Waals surface area (Å²) in [4.78, 5) is 31.0. The Labute approximate surface area is 181 Å². The predicted molar refractivity (Wildman–Crippen MR) is 118 cm³/mol.